The molecule has 0 bridgehead atoms. The Hall–Kier alpha value is -0.0800. The maximum absolute atomic E-state index is 4.17. The van der Waals surface area contributed by atoms with Crippen molar-refractivity contribution in [1.82, 2.24) is 10.6 Å². The molecule has 0 aromatic carbocycles. The van der Waals surface area contributed by atoms with Crippen LogP contribution >= 0.6 is 0 Å². The molecule has 2 unspecified atom stereocenters. The number of rotatable bonds is 15. The van der Waals surface area contributed by atoms with Gasteiger partial charge in [0.05, 0.1) is 0 Å². The smallest absolute Gasteiger partial charge is 0.0368 e. The van der Waals surface area contributed by atoms with E-state index in [1.165, 1.54) is 77.0 Å². The van der Waals surface area contributed by atoms with Crippen molar-refractivity contribution in [2.75, 3.05) is 0 Å². The second kappa shape index (κ2) is 13.2. The van der Waals surface area contributed by atoms with E-state index < -0.39 is 0 Å². The number of hydrogen-bond acceptors (Lipinski definition) is 2. The Morgan fingerprint density at radius 2 is 1.41 bits per heavy atom. The van der Waals surface area contributed by atoms with Crippen LogP contribution in [0.3, 0.4) is 0 Å². The monoisotopic (exact) mass is 380 g/mol. The van der Waals surface area contributed by atoms with Crippen LogP contribution < -0.4 is 10.6 Å². The van der Waals surface area contributed by atoms with E-state index in [0.29, 0.717) is 18.1 Å². The second-order valence-electron chi connectivity index (χ2n) is 10.3. The van der Waals surface area contributed by atoms with Gasteiger partial charge in [0.1, 0.15) is 0 Å². The summed E-state index contributed by atoms with van der Waals surface area (Å²) in [4.78, 5) is 0. The highest BCUT2D eigenvalue weighted by Gasteiger charge is 2.46. The third-order valence-electron chi connectivity index (χ3n) is 6.39. The quantitative estimate of drug-likeness (QED) is 0.297. The average Bonchev–Trinajstić information content (AvgIpc) is 3.10. The van der Waals surface area contributed by atoms with Crippen LogP contribution in [-0.2, 0) is 0 Å². The number of hydrogen-bond donors (Lipinski definition) is 2. The molecule has 2 atom stereocenters. The van der Waals surface area contributed by atoms with Crippen molar-refractivity contribution < 1.29 is 0 Å². The summed E-state index contributed by atoms with van der Waals surface area (Å²) in [5.41, 5.74) is 0.256. The molecule has 0 aromatic rings. The minimum absolute atomic E-state index is 0.256. The molecular formula is C25H52N2. The summed E-state index contributed by atoms with van der Waals surface area (Å²) in [5, 5.41) is 8.22. The van der Waals surface area contributed by atoms with E-state index in [2.05, 4.69) is 59.1 Å². The van der Waals surface area contributed by atoms with Gasteiger partial charge >= 0.3 is 0 Å². The summed E-state index contributed by atoms with van der Waals surface area (Å²) < 4.78 is 0. The Labute approximate surface area is 172 Å². The predicted octanol–water partition coefficient (Wildman–Crippen LogP) is 7.08. The molecule has 0 radical (unpaired) electrons. The zero-order valence-electron chi connectivity index (χ0n) is 19.9. The zero-order valence-corrected chi connectivity index (χ0v) is 19.9. The average molecular weight is 381 g/mol. The van der Waals surface area contributed by atoms with Crippen molar-refractivity contribution in [2.45, 2.75) is 149 Å². The molecule has 2 heteroatoms. The van der Waals surface area contributed by atoms with Crippen molar-refractivity contribution in [3.05, 3.63) is 0 Å². The molecule has 27 heavy (non-hydrogen) atoms. The Balaban J connectivity index is 2.95. The molecule has 2 nitrogen and oxygen atoms in total. The van der Waals surface area contributed by atoms with E-state index in [1.807, 2.05) is 0 Å². The van der Waals surface area contributed by atoms with Gasteiger partial charge in [-0.15, -0.1) is 0 Å². The van der Waals surface area contributed by atoms with Crippen molar-refractivity contribution in [1.29, 1.82) is 0 Å². The fourth-order valence-electron chi connectivity index (χ4n) is 5.55. The van der Waals surface area contributed by atoms with E-state index in [1.54, 1.807) is 0 Å². The highest BCUT2D eigenvalue weighted by molar-refractivity contribution is 5.06. The molecule has 1 saturated carbocycles. The standard InChI is InChI=1S/C25H52N2/c1-8-9-10-11-12-13-18-24(26-21(4)5)25(19-20(2)3,27-22(6)7)23-16-14-15-17-23/h20-24,26-27H,8-19H2,1-7H3. The fourth-order valence-corrected chi connectivity index (χ4v) is 5.55. The van der Waals surface area contributed by atoms with Gasteiger partial charge < -0.3 is 10.6 Å². The maximum atomic E-state index is 4.17. The van der Waals surface area contributed by atoms with Crippen molar-refractivity contribution in [2.24, 2.45) is 11.8 Å². The number of unbranched alkanes of at least 4 members (excludes halogenated alkanes) is 5. The van der Waals surface area contributed by atoms with E-state index in [0.717, 1.165) is 11.8 Å². The first-order valence-electron chi connectivity index (χ1n) is 12.4. The van der Waals surface area contributed by atoms with Crippen molar-refractivity contribution >= 4 is 0 Å². The third-order valence-corrected chi connectivity index (χ3v) is 6.39. The SMILES string of the molecule is CCCCCCCCC(NC(C)C)C(CC(C)C)(NC(C)C)C1CCCC1. The van der Waals surface area contributed by atoms with Gasteiger partial charge in [0.15, 0.2) is 0 Å². The van der Waals surface area contributed by atoms with Gasteiger partial charge in [0.2, 0.25) is 0 Å². The summed E-state index contributed by atoms with van der Waals surface area (Å²) in [6.07, 6.45) is 16.7. The van der Waals surface area contributed by atoms with Crippen LogP contribution in [0.5, 0.6) is 0 Å². The summed E-state index contributed by atoms with van der Waals surface area (Å²) >= 11 is 0. The molecule has 1 aliphatic carbocycles. The predicted molar refractivity (Wildman–Crippen MR) is 122 cm³/mol. The molecule has 0 aliphatic heterocycles. The van der Waals surface area contributed by atoms with E-state index in [4.69, 9.17) is 0 Å². The van der Waals surface area contributed by atoms with Gasteiger partial charge in [0.25, 0.3) is 0 Å². The van der Waals surface area contributed by atoms with Crippen LogP contribution in [0.1, 0.15) is 126 Å². The summed E-state index contributed by atoms with van der Waals surface area (Å²) in [6.45, 7) is 16.5. The molecule has 1 fully saturated rings. The van der Waals surface area contributed by atoms with Gasteiger partial charge in [0, 0.05) is 23.7 Å². The van der Waals surface area contributed by atoms with Gasteiger partial charge in [-0.25, -0.2) is 0 Å². The van der Waals surface area contributed by atoms with Gasteiger partial charge in [-0.3, -0.25) is 0 Å². The van der Waals surface area contributed by atoms with E-state index in [9.17, 15) is 0 Å². The molecule has 162 valence electrons. The van der Waals surface area contributed by atoms with E-state index in [-0.39, 0.29) is 5.54 Å². The van der Waals surface area contributed by atoms with Crippen LogP contribution in [0.4, 0.5) is 0 Å². The molecule has 0 saturated heterocycles. The van der Waals surface area contributed by atoms with Crippen LogP contribution in [0, 0.1) is 11.8 Å². The largest absolute Gasteiger partial charge is 0.310 e. The Morgan fingerprint density at radius 3 is 1.93 bits per heavy atom. The lowest BCUT2D eigenvalue weighted by Gasteiger charge is -2.50. The van der Waals surface area contributed by atoms with E-state index >= 15 is 0 Å². The summed E-state index contributed by atoms with van der Waals surface area (Å²) in [6, 6.07) is 1.69. The Morgan fingerprint density at radius 1 is 0.815 bits per heavy atom. The van der Waals surface area contributed by atoms with Crippen molar-refractivity contribution in [3.63, 3.8) is 0 Å². The highest BCUT2D eigenvalue weighted by Crippen LogP contribution is 2.41. The number of nitrogens with one attached hydrogen (secondary N) is 2. The van der Waals surface area contributed by atoms with Crippen LogP contribution in [-0.4, -0.2) is 23.7 Å². The van der Waals surface area contributed by atoms with Crippen LogP contribution in [0.15, 0.2) is 0 Å². The molecule has 2 N–H and O–H groups in total. The van der Waals surface area contributed by atoms with Gasteiger partial charge in [-0.05, 0) is 37.5 Å². The molecule has 1 rings (SSSR count). The van der Waals surface area contributed by atoms with Crippen molar-refractivity contribution in [3.8, 4) is 0 Å². The van der Waals surface area contributed by atoms with Crippen LogP contribution in [0.25, 0.3) is 0 Å². The first kappa shape index (κ1) is 25.0. The molecule has 0 spiro atoms. The Kier molecular flexibility index (Phi) is 12.2. The minimum atomic E-state index is 0.256. The lowest BCUT2D eigenvalue weighted by atomic mass is 9.69. The van der Waals surface area contributed by atoms with Crippen LogP contribution in [0.2, 0.25) is 0 Å². The summed E-state index contributed by atoms with van der Waals surface area (Å²) in [7, 11) is 0. The zero-order chi connectivity index (χ0) is 20.3. The molecule has 1 aliphatic rings. The lowest BCUT2D eigenvalue weighted by Crippen LogP contribution is -2.66. The summed E-state index contributed by atoms with van der Waals surface area (Å²) in [5.74, 6) is 1.57. The lowest BCUT2D eigenvalue weighted by molar-refractivity contribution is 0.0957. The second-order valence-corrected chi connectivity index (χ2v) is 10.3. The highest BCUT2D eigenvalue weighted by atomic mass is 15.1. The molecular weight excluding hydrogens is 328 g/mol. The first-order chi connectivity index (χ1) is 12.8. The Bertz CT molecular complexity index is 345. The van der Waals surface area contributed by atoms with Gasteiger partial charge in [-0.2, -0.15) is 0 Å². The fraction of sp³-hybridized carbons (Fsp3) is 1.00. The van der Waals surface area contributed by atoms with Gasteiger partial charge in [-0.1, -0.05) is 99.8 Å². The molecule has 0 amide bonds. The topological polar surface area (TPSA) is 24.1 Å². The first-order valence-corrected chi connectivity index (χ1v) is 12.4. The normalized spacial score (nSPS) is 19.3. The third kappa shape index (κ3) is 8.86. The minimum Gasteiger partial charge on any atom is -0.310 e. The maximum Gasteiger partial charge on any atom is 0.0368 e. The molecule has 0 aromatic heterocycles. The molecule has 0 heterocycles.